The smallest absolute Gasteiger partial charge is 0.357 e. The van der Waals surface area contributed by atoms with Gasteiger partial charge in [0.15, 0.2) is 11.4 Å². The van der Waals surface area contributed by atoms with Crippen LogP contribution in [-0.4, -0.2) is 32.3 Å². The molecule has 0 fully saturated rings. The van der Waals surface area contributed by atoms with Gasteiger partial charge in [-0.3, -0.25) is 9.89 Å². The summed E-state index contributed by atoms with van der Waals surface area (Å²) in [7, 11) is 0. The number of fused-ring (bicyclic) bond motifs is 1. The molecule has 0 unspecified atom stereocenters. The van der Waals surface area contributed by atoms with Crippen molar-refractivity contribution >= 4 is 28.5 Å². The molecule has 134 valence electrons. The third kappa shape index (κ3) is 3.15. The zero-order valence-corrected chi connectivity index (χ0v) is 14.2. The summed E-state index contributed by atoms with van der Waals surface area (Å²) in [5.74, 6) is -0.855. The molecule has 4 rings (SSSR count). The largest absolute Gasteiger partial charge is 0.476 e. The van der Waals surface area contributed by atoms with Crippen LogP contribution in [-0.2, 0) is 0 Å². The monoisotopic (exact) mass is 362 g/mol. The number of anilines is 1. The highest BCUT2D eigenvalue weighted by molar-refractivity contribution is 6.03. The van der Waals surface area contributed by atoms with E-state index >= 15 is 0 Å². The average Bonchev–Trinajstić information content (AvgIpc) is 3.28. The molecule has 0 radical (unpaired) electrons. The van der Waals surface area contributed by atoms with E-state index in [2.05, 4.69) is 20.7 Å². The van der Waals surface area contributed by atoms with Crippen molar-refractivity contribution in [3.63, 3.8) is 0 Å². The quantitative estimate of drug-likeness (QED) is 0.511. The Balaban J connectivity index is 1.56. The van der Waals surface area contributed by atoms with E-state index in [0.717, 1.165) is 11.1 Å². The predicted octanol–water partition coefficient (Wildman–Crippen LogP) is 3.48. The minimum absolute atomic E-state index is 0.00213. The van der Waals surface area contributed by atoms with Gasteiger partial charge in [0.05, 0.1) is 5.52 Å². The van der Waals surface area contributed by atoms with Crippen molar-refractivity contribution in [3.8, 4) is 11.1 Å². The van der Waals surface area contributed by atoms with Gasteiger partial charge in [-0.1, -0.05) is 23.4 Å². The molecule has 0 aliphatic rings. The molecule has 8 heteroatoms. The Morgan fingerprint density at radius 1 is 1.07 bits per heavy atom. The summed E-state index contributed by atoms with van der Waals surface area (Å²) in [6.07, 6.45) is 0. The number of aromatic nitrogens is 3. The number of aromatic amines is 1. The number of carbonyl (C=O) groups is 2. The first-order chi connectivity index (χ1) is 13.0. The lowest BCUT2D eigenvalue weighted by Crippen LogP contribution is -2.11. The van der Waals surface area contributed by atoms with Gasteiger partial charge in [-0.2, -0.15) is 5.10 Å². The fourth-order valence-corrected chi connectivity index (χ4v) is 2.78. The standard InChI is InChI=1S/C19H14N4O4/c1-10-8-16(23-27-10)18(24)20-13-5-2-11(3-6-13)12-4-7-14-15(9-12)21-22-17(14)19(25)26/h2-9H,1H3,(H,20,24)(H,21,22)(H,25,26). The minimum Gasteiger partial charge on any atom is -0.476 e. The number of H-pyrrole nitrogens is 1. The number of aryl methyl sites for hydroxylation is 1. The van der Waals surface area contributed by atoms with Crippen LogP contribution < -0.4 is 5.32 Å². The van der Waals surface area contributed by atoms with Crippen molar-refractivity contribution in [3.05, 3.63) is 65.7 Å². The van der Waals surface area contributed by atoms with Gasteiger partial charge >= 0.3 is 5.97 Å². The zero-order chi connectivity index (χ0) is 19.0. The summed E-state index contributed by atoms with van der Waals surface area (Å²) in [4.78, 5) is 23.2. The molecular weight excluding hydrogens is 348 g/mol. The van der Waals surface area contributed by atoms with Crippen molar-refractivity contribution < 1.29 is 19.2 Å². The van der Waals surface area contributed by atoms with Crippen LogP contribution in [0.15, 0.2) is 53.1 Å². The summed E-state index contributed by atoms with van der Waals surface area (Å²) in [5, 5.41) is 22.7. The average molecular weight is 362 g/mol. The molecule has 2 heterocycles. The fraction of sp³-hybridized carbons (Fsp3) is 0.0526. The molecule has 8 nitrogen and oxygen atoms in total. The van der Waals surface area contributed by atoms with Crippen LogP contribution in [0.25, 0.3) is 22.0 Å². The summed E-state index contributed by atoms with van der Waals surface area (Å²) < 4.78 is 4.90. The summed E-state index contributed by atoms with van der Waals surface area (Å²) in [6.45, 7) is 1.72. The van der Waals surface area contributed by atoms with Crippen LogP contribution in [0.5, 0.6) is 0 Å². The van der Waals surface area contributed by atoms with Gasteiger partial charge in [-0.05, 0) is 42.3 Å². The maximum atomic E-state index is 12.1. The molecule has 0 aliphatic heterocycles. The van der Waals surface area contributed by atoms with Crippen LogP contribution in [0.2, 0.25) is 0 Å². The molecule has 0 atom stereocenters. The number of nitrogens with zero attached hydrogens (tertiary/aromatic N) is 2. The van der Waals surface area contributed by atoms with Crippen LogP contribution >= 0.6 is 0 Å². The first-order valence-electron chi connectivity index (χ1n) is 8.08. The van der Waals surface area contributed by atoms with E-state index in [9.17, 15) is 9.59 Å². The van der Waals surface area contributed by atoms with Crippen LogP contribution in [0.3, 0.4) is 0 Å². The Labute approximate surface area is 152 Å². The molecule has 4 aromatic rings. The second kappa shape index (κ2) is 6.41. The van der Waals surface area contributed by atoms with Crippen LogP contribution in [0.4, 0.5) is 5.69 Å². The molecule has 27 heavy (non-hydrogen) atoms. The first kappa shape index (κ1) is 16.5. The number of hydrogen-bond donors (Lipinski definition) is 3. The number of amides is 1. The normalized spacial score (nSPS) is 10.9. The van der Waals surface area contributed by atoms with E-state index in [1.807, 2.05) is 24.3 Å². The molecule has 0 aliphatic carbocycles. The number of carbonyl (C=O) groups excluding carboxylic acids is 1. The fourth-order valence-electron chi connectivity index (χ4n) is 2.78. The number of carboxylic acids is 1. The third-order valence-corrected chi connectivity index (χ3v) is 4.10. The number of nitrogens with one attached hydrogen (secondary N) is 2. The second-order valence-corrected chi connectivity index (χ2v) is 5.99. The van der Waals surface area contributed by atoms with E-state index in [0.29, 0.717) is 22.4 Å². The van der Waals surface area contributed by atoms with Gasteiger partial charge in [0.25, 0.3) is 5.91 Å². The third-order valence-electron chi connectivity index (χ3n) is 4.10. The molecule has 2 aromatic heterocycles. The maximum absolute atomic E-state index is 12.1. The molecule has 0 bridgehead atoms. The SMILES string of the molecule is Cc1cc(C(=O)Nc2ccc(-c3ccc4c(C(=O)O)n[nH]c4c3)cc2)no1. The highest BCUT2D eigenvalue weighted by Crippen LogP contribution is 2.26. The van der Waals surface area contributed by atoms with Gasteiger partial charge in [-0.15, -0.1) is 0 Å². The van der Waals surface area contributed by atoms with Crippen LogP contribution in [0, 0.1) is 6.92 Å². The second-order valence-electron chi connectivity index (χ2n) is 5.99. The Morgan fingerprint density at radius 3 is 2.48 bits per heavy atom. The summed E-state index contributed by atoms with van der Waals surface area (Å²) in [5.41, 5.74) is 3.30. The van der Waals surface area contributed by atoms with Gasteiger partial charge in [0, 0.05) is 17.1 Å². The Kier molecular flexibility index (Phi) is 3.92. The van der Waals surface area contributed by atoms with Crippen molar-refractivity contribution in [1.29, 1.82) is 0 Å². The lowest BCUT2D eigenvalue weighted by molar-refractivity contribution is 0.0692. The molecule has 0 saturated heterocycles. The van der Waals surface area contributed by atoms with Crippen LogP contribution in [0.1, 0.15) is 26.7 Å². The molecule has 2 aromatic carbocycles. The van der Waals surface area contributed by atoms with E-state index in [-0.39, 0.29) is 17.3 Å². The van der Waals surface area contributed by atoms with Crippen molar-refractivity contribution in [2.75, 3.05) is 5.32 Å². The van der Waals surface area contributed by atoms with Crippen molar-refractivity contribution in [1.82, 2.24) is 15.4 Å². The summed E-state index contributed by atoms with van der Waals surface area (Å²) >= 11 is 0. The minimum atomic E-state index is -1.07. The molecule has 1 amide bonds. The van der Waals surface area contributed by atoms with Crippen molar-refractivity contribution in [2.24, 2.45) is 0 Å². The van der Waals surface area contributed by atoms with Gasteiger partial charge in [0.2, 0.25) is 0 Å². The number of rotatable bonds is 4. The molecule has 3 N–H and O–H groups in total. The first-order valence-corrected chi connectivity index (χ1v) is 8.08. The Bertz CT molecular complexity index is 1160. The van der Waals surface area contributed by atoms with E-state index in [1.165, 1.54) is 0 Å². The maximum Gasteiger partial charge on any atom is 0.357 e. The number of carboxylic acid groups (broad SMARTS) is 1. The summed E-state index contributed by atoms with van der Waals surface area (Å²) in [6, 6.07) is 14.2. The molecular formula is C19H14N4O4. The number of aromatic carboxylic acids is 1. The topological polar surface area (TPSA) is 121 Å². The highest BCUT2D eigenvalue weighted by Gasteiger charge is 2.14. The highest BCUT2D eigenvalue weighted by atomic mass is 16.5. The number of benzene rings is 2. The van der Waals surface area contributed by atoms with Crippen molar-refractivity contribution in [2.45, 2.75) is 6.92 Å². The van der Waals surface area contributed by atoms with E-state index in [1.54, 1.807) is 31.2 Å². The predicted molar refractivity (Wildman–Crippen MR) is 97.7 cm³/mol. The molecule has 0 spiro atoms. The molecule has 0 saturated carbocycles. The van der Waals surface area contributed by atoms with E-state index in [4.69, 9.17) is 9.63 Å². The van der Waals surface area contributed by atoms with Gasteiger partial charge < -0.3 is 14.9 Å². The zero-order valence-electron chi connectivity index (χ0n) is 14.2. The van der Waals surface area contributed by atoms with E-state index < -0.39 is 5.97 Å². The Morgan fingerprint density at radius 2 is 1.81 bits per heavy atom. The number of hydrogen-bond acceptors (Lipinski definition) is 5. The lowest BCUT2D eigenvalue weighted by Gasteiger charge is -2.06. The van der Waals surface area contributed by atoms with Gasteiger partial charge in [0.1, 0.15) is 5.76 Å². The lowest BCUT2D eigenvalue weighted by atomic mass is 10.0. The Hall–Kier alpha value is -3.94. The van der Waals surface area contributed by atoms with Gasteiger partial charge in [-0.25, -0.2) is 4.79 Å².